The highest BCUT2D eigenvalue weighted by molar-refractivity contribution is 5.87. The van der Waals surface area contributed by atoms with E-state index in [2.05, 4.69) is 35.4 Å². The third kappa shape index (κ3) is 5.73. The first-order valence-electron chi connectivity index (χ1n) is 9.55. The van der Waals surface area contributed by atoms with Gasteiger partial charge in [0, 0.05) is 6.42 Å². The molecule has 4 heteroatoms. The summed E-state index contributed by atoms with van der Waals surface area (Å²) in [5.74, 6) is 0.508. The van der Waals surface area contributed by atoms with Crippen LogP contribution in [0.5, 0.6) is 0 Å². The summed E-state index contributed by atoms with van der Waals surface area (Å²) in [7, 11) is 0. The van der Waals surface area contributed by atoms with Crippen molar-refractivity contribution in [1.29, 1.82) is 0 Å². The van der Waals surface area contributed by atoms with E-state index in [0.29, 0.717) is 5.56 Å². The van der Waals surface area contributed by atoms with Gasteiger partial charge in [0.25, 0.3) is 5.82 Å². The number of unbranched alkanes of at least 4 members (excludes halogenated alkanes) is 4. The third-order valence-electron chi connectivity index (χ3n) is 4.65. The minimum atomic E-state index is -0.874. The lowest BCUT2D eigenvalue weighted by Crippen LogP contribution is -2.38. The highest BCUT2D eigenvalue weighted by Gasteiger charge is 2.17. The molecule has 0 amide bonds. The maximum atomic E-state index is 11.0. The molecule has 0 spiro atoms. The van der Waals surface area contributed by atoms with Gasteiger partial charge >= 0.3 is 5.97 Å². The molecular weight excluding hydrogens is 312 g/mol. The van der Waals surface area contributed by atoms with Crippen molar-refractivity contribution in [2.24, 2.45) is 0 Å². The molecule has 0 aliphatic rings. The highest BCUT2D eigenvalue weighted by atomic mass is 16.4. The molecule has 0 aliphatic heterocycles. The maximum absolute atomic E-state index is 11.0. The van der Waals surface area contributed by atoms with E-state index in [4.69, 9.17) is 5.11 Å². The number of imidazole rings is 1. The molecule has 1 N–H and O–H groups in total. The molecule has 2 aromatic rings. The van der Waals surface area contributed by atoms with E-state index in [-0.39, 0.29) is 0 Å². The van der Waals surface area contributed by atoms with E-state index in [1.807, 2.05) is 12.1 Å². The van der Waals surface area contributed by atoms with Crippen LogP contribution in [0.3, 0.4) is 0 Å². The Morgan fingerprint density at radius 3 is 2.40 bits per heavy atom. The minimum Gasteiger partial charge on any atom is -0.478 e. The number of nitrogens with zero attached hydrogens (tertiary/aromatic N) is 2. The van der Waals surface area contributed by atoms with Crippen LogP contribution in [0.4, 0.5) is 0 Å². The second-order valence-corrected chi connectivity index (χ2v) is 6.70. The molecule has 136 valence electrons. The number of aryl methyl sites for hydroxylation is 1. The van der Waals surface area contributed by atoms with Crippen LogP contribution in [0.2, 0.25) is 0 Å². The molecule has 4 nitrogen and oxygen atoms in total. The van der Waals surface area contributed by atoms with Gasteiger partial charge in [0.2, 0.25) is 0 Å². The predicted molar refractivity (Wildman–Crippen MR) is 99.9 cm³/mol. The maximum Gasteiger partial charge on any atom is 0.335 e. The Hall–Kier alpha value is -2.10. The summed E-state index contributed by atoms with van der Waals surface area (Å²) >= 11 is 0. The van der Waals surface area contributed by atoms with Gasteiger partial charge in [-0.15, -0.1) is 0 Å². The van der Waals surface area contributed by atoms with Crippen LogP contribution in [-0.2, 0) is 19.5 Å². The largest absolute Gasteiger partial charge is 0.478 e. The van der Waals surface area contributed by atoms with Gasteiger partial charge in [-0.3, -0.25) is 0 Å². The molecule has 0 radical (unpaired) electrons. The van der Waals surface area contributed by atoms with Gasteiger partial charge in [0.1, 0.15) is 18.9 Å². The van der Waals surface area contributed by atoms with Gasteiger partial charge in [0.05, 0.1) is 12.1 Å². The van der Waals surface area contributed by atoms with E-state index in [1.54, 1.807) is 12.1 Å². The average molecular weight is 343 g/mol. The zero-order valence-electron chi connectivity index (χ0n) is 15.6. The molecule has 0 aliphatic carbocycles. The molecule has 0 unspecified atom stereocenters. The number of aromatic nitrogens is 2. The zero-order chi connectivity index (χ0) is 18.1. The highest BCUT2D eigenvalue weighted by Crippen LogP contribution is 2.09. The molecule has 1 aromatic carbocycles. The molecule has 2 rings (SSSR count). The second-order valence-electron chi connectivity index (χ2n) is 6.70. The standard InChI is InChI=1S/C21H30N2O2/c1-3-5-7-8-9-20-22(14-6-4-2)15-16-23(20)17-18-10-12-19(13-11-18)21(24)25/h10-13,15-16H,3-9,14,17H2,1-2H3/p+1. The van der Waals surface area contributed by atoms with Crippen molar-refractivity contribution < 1.29 is 14.5 Å². The Bertz CT molecular complexity index is 659. The Labute approximate surface area is 151 Å². The number of carboxylic acid groups (broad SMARTS) is 1. The molecule has 1 heterocycles. The Morgan fingerprint density at radius 2 is 1.76 bits per heavy atom. The monoisotopic (exact) mass is 343 g/mol. The Balaban J connectivity index is 2.11. The van der Waals surface area contributed by atoms with Crippen LogP contribution < -0.4 is 4.57 Å². The lowest BCUT2D eigenvalue weighted by atomic mass is 10.1. The van der Waals surface area contributed by atoms with Crippen LogP contribution in [0.1, 0.15) is 74.1 Å². The van der Waals surface area contributed by atoms with Crippen molar-refractivity contribution in [3.05, 3.63) is 53.6 Å². The summed E-state index contributed by atoms with van der Waals surface area (Å²) in [6.45, 7) is 6.33. The molecule has 0 bridgehead atoms. The van der Waals surface area contributed by atoms with E-state index < -0.39 is 5.97 Å². The number of carboxylic acids is 1. The number of benzene rings is 1. The van der Waals surface area contributed by atoms with Crippen molar-refractivity contribution >= 4 is 5.97 Å². The van der Waals surface area contributed by atoms with Gasteiger partial charge in [-0.2, -0.15) is 0 Å². The fraction of sp³-hybridized carbons (Fsp3) is 0.524. The molecule has 0 fully saturated rings. The van der Waals surface area contributed by atoms with Gasteiger partial charge in [0.15, 0.2) is 0 Å². The number of hydrogen-bond donors (Lipinski definition) is 1. The van der Waals surface area contributed by atoms with E-state index in [0.717, 1.165) is 25.1 Å². The van der Waals surface area contributed by atoms with Crippen LogP contribution in [0.15, 0.2) is 36.7 Å². The van der Waals surface area contributed by atoms with Gasteiger partial charge in [-0.1, -0.05) is 51.7 Å². The van der Waals surface area contributed by atoms with E-state index in [1.165, 1.54) is 44.3 Å². The molecule has 25 heavy (non-hydrogen) atoms. The summed E-state index contributed by atoms with van der Waals surface area (Å²) in [6, 6.07) is 7.21. The average Bonchev–Trinajstić information content (AvgIpc) is 2.99. The second kappa shape index (κ2) is 10.0. The van der Waals surface area contributed by atoms with E-state index in [9.17, 15) is 4.79 Å². The van der Waals surface area contributed by atoms with Crippen LogP contribution in [0.25, 0.3) is 0 Å². The van der Waals surface area contributed by atoms with E-state index >= 15 is 0 Å². The summed E-state index contributed by atoms with van der Waals surface area (Å²) in [6.07, 6.45) is 12.9. The first kappa shape index (κ1) is 19.2. The van der Waals surface area contributed by atoms with Crippen molar-refractivity contribution in [2.45, 2.75) is 71.9 Å². The minimum absolute atomic E-state index is 0.342. The first-order valence-corrected chi connectivity index (χ1v) is 9.55. The molecular formula is C21H31N2O2+. The third-order valence-corrected chi connectivity index (χ3v) is 4.65. The fourth-order valence-electron chi connectivity index (χ4n) is 3.12. The lowest BCUT2D eigenvalue weighted by Gasteiger charge is -2.06. The smallest absolute Gasteiger partial charge is 0.335 e. The fourth-order valence-corrected chi connectivity index (χ4v) is 3.12. The number of aromatic carboxylic acids is 1. The van der Waals surface area contributed by atoms with Crippen molar-refractivity contribution in [3.63, 3.8) is 0 Å². The zero-order valence-corrected chi connectivity index (χ0v) is 15.6. The molecule has 0 saturated carbocycles. The van der Waals surface area contributed by atoms with Crippen LogP contribution in [-0.4, -0.2) is 15.6 Å². The lowest BCUT2D eigenvalue weighted by molar-refractivity contribution is -0.695. The molecule has 1 aromatic heterocycles. The van der Waals surface area contributed by atoms with Gasteiger partial charge in [-0.05, 0) is 30.5 Å². The predicted octanol–water partition coefficient (Wildman–Crippen LogP) is 4.45. The Kier molecular flexibility index (Phi) is 7.71. The van der Waals surface area contributed by atoms with Crippen molar-refractivity contribution in [1.82, 2.24) is 4.57 Å². The van der Waals surface area contributed by atoms with Gasteiger partial charge in [-0.25, -0.2) is 13.9 Å². The summed E-state index contributed by atoms with van der Waals surface area (Å²) < 4.78 is 4.71. The topological polar surface area (TPSA) is 46.1 Å². The quantitative estimate of drug-likeness (QED) is 0.484. The van der Waals surface area contributed by atoms with Crippen LogP contribution >= 0.6 is 0 Å². The number of carbonyl (C=O) groups is 1. The first-order chi connectivity index (χ1) is 12.2. The van der Waals surface area contributed by atoms with Crippen molar-refractivity contribution in [2.75, 3.05) is 0 Å². The number of rotatable bonds is 11. The normalized spacial score (nSPS) is 11.0. The van der Waals surface area contributed by atoms with Crippen molar-refractivity contribution in [3.8, 4) is 0 Å². The summed E-state index contributed by atoms with van der Waals surface area (Å²) in [5, 5.41) is 9.03. The SMILES string of the molecule is CCCCCCc1n(CCCC)cc[n+]1Cc1ccc(C(=O)O)cc1. The van der Waals surface area contributed by atoms with Crippen LogP contribution in [0, 0.1) is 0 Å². The Morgan fingerprint density at radius 1 is 1.04 bits per heavy atom. The van der Waals surface area contributed by atoms with Gasteiger partial charge < -0.3 is 5.11 Å². The molecule has 0 saturated heterocycles. The molecule has 0 atom stereocenters. The summed E-state index contributed by atoms with van der Waals surface area (Å²) in [4.78, 5) is 11.0. The summed E-state index contributed by atoms with van der Waals surface area (Å²) in [5.41, 5.74) is 1.48. The number of hydrogen-bond acceptors (Lipinski definition) is 1.